The van der Waals surface area contributed by atoms with Gasteiger partial charge in [-0.2, -0.15) is 0 Å². The molecule has 3 heteroatoms. The maximum atomic E-state index is 5.45. The molecule has 0 saturated heterocycles. The van der Waals surface area contributed by atoms with Gasteiger partial charge in [-0.15, -0.1) is 0 Å². The lowest BCUT2D eigenvalue weighted by Crippen LogP contribution is -2.40. The van der Waals surface area contributed by atoms with Crippen LogP contribution in [0.4, 0.5) is 11.4 Å². The van der Waals surface area contributed by atoms with Gasteiger partial charge in [-0.05, 0) is 31.2 Å². The summed E-state index contributed by atoms with van der Waals surface area (Å²) in [6.07, 6.45) is 0. The first-order valence-corrected chi connectivity index (χ1v) is 6.15. The molecular weight excluding hydrogens is 222 g/mol. The van der Waals surface area contributed by atoms with Crippen LogP contribution in [0.3, 0.4) is 0 Å². The fourth-order valence-corrected chi connectivity index (χ4v) is 2.10. The highest BCUT2D eigenvalue weighted by Gasteiger charge is 2.15. The predicted octanol–water partition coefficient (Wildman–Crippen LogP) is 2.68. The van der Waals surface area contributed by atoms with Gasteiger partial charge in [0.05, 0.1) is 0 Å². The SMILES string of the molecule is CC(CNN)N(c1ccccc1)c1ccccc1. The van der Waals surface area contributed by atoms with Gasteiger partial charge in [0.15, 0.2) is 0 Å². The van der Waals surface area contributed by atoms with Crippen LogP contribution in [0.1, 0.15) is 6.92 Å². The van der Waals surface area contributed by atoms with Gasteiger partial charge in [0.25, 0.3) is 0 Å². The van der Waals surface area contributed by atoms with Gasteiger partial charge in [-0.25, -0.2) is 0 Å². The van der Waals surface area contributed by atoms with Crippen molar-refractivity contribution in [2.24, 2.45) is 5.84 Å². The third-order valence-corrected chi connectivity index (χ3v) is 2.92. The van der Waals surface area contributed by atoms with Gasteiger partial charge in [0.2, 0.25) is 0 Å². The van der Waals surface area contributed by atoms with Crippen molar-refractivity contribution in [3.63, 3.8) is 0 Å². The standard InChI is InChI=1S/C15H19N3/c1-13(12-17-16)18(14-8-4-2-5-9-14)15-10-6-3-7-11-15/h2-11,13,17H,12,16H2,1H3. The Bertz CT molecular complexity index is 416. The largest absolute Gasteiger partial charge is 0.337 e. The molecule has 3 N–H and O–H groups in total. The summed E-state index contributed by atoms with van der Waals surface area (Å²) in [5.41, 5.74) is 5.09. The van der Waals surface area contributed by atoms with Crippen molar-refractivity contribution in [2.45, 2.75) is 13.0 Å². The smallest absolute Gasteiger partial charge is 0.0452 e. The van der Waals surface area contributed by atoms with E-state index in [9.17, 15) is 0 Å². The number of hydrogen-bond acceptors (Lipinski definition) is 3. The Morgan fingerprint density at radius 3 is 1.78 bits per heavy atom. The van der Waals surface area contributed by atoms with E-state index in [1.54, 1.807) is 0 Å². The van der Waals surface area contributed by atoms with Crippen molar-refractivity contribution in [3.05, 3.63) is 60.7 Å². The van der Waals surface area contributed by atoms with Gasteiger partial charge in [0.1, 0.15) is 0 Å². The van der Waals surface area contributed by atoms with Crippen molar-refractivity contribution in [1.82, 2.24) is 5.43 Å². The van der Waals surface area contributed by atoms with E-state index in [4.69, 9.17) is 5.84 Å². The Balaban J connectivity index is 2.35. The third-order valence-electron chi connectivity index (χ3n) is 2.92. The molecule has 0 radical (unpaired) electrons. The van der Waals surface area contributed by atoms with Crippen molar-refractivity contribution in [3.8, 4) is 0 Å². The molecule has 0 bridgehead atoms. The van der Waals surface area contributed by atoms with Crippen LogP contribution in [0, 0.1) is 0 Å². The molecule has 0 aliphatic carbocycles. The van der Waals surface area contributed by atoms with Crippen LogP contribution in [0.5, 0.6) is 0 Å². The average Bonchev–Trinajstić information content (AvgIpc) is 2.42. The van der Waals surface area contributed by atoms with Crippen LogP contribution in [-0.4, -0.2) is 12.6 Å². The van der Waals surface area contributed by atoms with Gasteiger partial charge in [-0.1, -0.05) is 36.4 Å². The van der Waals surface area contributed by atoms with Crippen LogP contribution >= 0.6 is 0 Å². The lowest BCUT2D eigenvalue weighted by atomic mass is 10.1. The van der Waals surface area contributed by atoms with E-state index in [1.165, 1.54) is 11.4 Å². The Hall–Kier alpha value is -1.84. The normalized spacial score (nSPS) is 12.1. The van der Waals surface area contributed by atoms with Crippen molar-refractivity contribution >= 4 is 11.4 Å². The number of para-hydroxylation sites is 2. The molecule has 2 rings (SSSR count). The van der Waals surface area contributed by atoms with Gasteiger partial charge < -0.3 is 4.90 Å². The summed E-state index contributed by atoms with van der Waals surface area (Å²) >= 11 is 0. The number of rotatable bonds is 5. The molecule has 0 aromatic heterocycles. The molecule has 0 aliphatic heterocycles. The Morgan fingerprint density at radius 1 is 0.944 bits per heavy atom. The molecule has 18 heavy (non-hydrogen) atoms. The fourth-order valence-electron chi connectivity index (χ4n) is 2.10. The average molecular weight is 241 g/mol. The molecule has 2 aromatic rings. The quantitative estimate of drug-likeness (QED) is 0.624. The van der Waals surface area contributed by atoms with Crippen LogP contribution in [0.2, 0.25) is 0 Å². The summed E-state index contributed by atoms with van der Waals surface area (Å²) in [5, 5.41) is 0. The molecule has 0 spiro atoms. The zero-order valence-corrected chi connectivity index (χ0v) is 10.6. The van der Waals surface area contributed by atoms with Gasteiger partial charge >= 0.3 is 0 Å². The Morgan fingerprint density at radius 2 is 1.39 bits per heavy atom. The summed E-state index contributed by atoms with van der Waals surface area (Å²) in [6, 6.07) is 21.0. The van der Waals surface area contributed by atoms with E-state index in [2.05, 4.69) is 41.5 Å². The van der Waals surface area contributed by atoms with Crippen LogP contribution in [-0.2, 0) is 0 Å². The number of benzene rings is 2. The third kappa shape index (κ3) is 2.88. The van der Waals surface area contributed by atoms with E-state index < -0.39 is 0 Å². The van der Waals surface area contributed by atoms with Crippen molar-refractivity contribution in [1.29, 1.82) is 0 Å². The predicted molar refractivity (Wildman–Crippen MR) is 76.7 cm³/mol. The second-order valence-electron chi connectivity index (χ2n) is 4.30. The van der Waals surface area contributed by atoms with Gasteiger partial charge in [-0.3, -0.25) is 11.3 Å². The van der Waals surface area contributed by atoms with E-state index in [1.807, 2.05) is 36.4 Å². The number of anilines is 2. The molecule has 0 saturated carbocycles. The topological polar surface area (TPSA) is 41.3 Å². The van der Waals surface area contributed by atoms with E-state index in [0.29, 0.717) is 0 Å². The summed E-state index contributed by atoms with van der Waals surface area (Å²) in [5.74, 6) is 5.45. The molecule has 2 aromatic carbocycles. The summed E-state index contributed by atoms with van der Waals surface area (Å²) in [6.45, 7) is 2.88. The highest BCUT2D eigenvalue weighted by Crippen LogP contribution is 2.26. The van der Waals surface area contributed by atoms with Crippen LogP contribution in [0.25, 0.3) is 0 Å². The Kier molecular flexibility index (Phi) is 4.34. The van der Waals surface area contributed by atoms with Crippen molar-refractivity contribution < 1.29 is 0 Å². The zero-order valence-electron chi connectivity index (χ0n) is 10.6. The molecule has 1 atom stereocenters. The number of nitrogens with zero attached hydrogens (tertiary/aromatic N) is 1. The maximum Gasteiger partial charge on any atom is 0.0452 e. The minimum Gasteiger partial charge on any atom is -0.337 e. The minimum atomic E-state index is 0.278. The maximum absolute atomic E-state index is 5.45. The number of nitrogens with one attached hydrogen (secondary N) is 1. The monoisotopic (exact) mass is 241 g/mol. The number of hydrogen-bond donors (Lipinski definition) is 2. The number of hydrazine groups is 1. The first-order chi connectivity index (χ1) is 8.83. The lowest BCUT2D eigenvalue weighted by Gasteiger charge is -2.31. The van der Waals surface area contributed by atoms with E-state index >= 15 is 0 Å². The van der Waals surface area contributed by atoms with Crippen LogP contribution in [0.15, 0.2) is 60.7 Å². The number of nitrogens with two attached hydrogens (primary N) is 1. The summed E-state index contributed by atoms with van der Waals surface area (Å²) < 4.78 is 0. The fraction of sp³-hybridized carbons (Fsp3) is 0.200. The highest BCUT2D eigenvalue weighted by molar-refractivity contribution is 5.63. The molecule has 94 valence electrons. The molecule has 0 fully saturated rings. The second-order valence-corrected chi connectivity index (χ2v) is 4.30. The van der Waals surface area contributed by atoms with Gasteiger partial charge in [0, 0.05) is 24.0 Å². The zero-order chi connectivity index (χ0) is 12.8. The second kappa shape index (κ2) is 6.19. The van der Waals surface area contributed by atoms with E-state index in [0.717, 1.165) is 6.54 Å². The summed E-state index contributed by atoms with van der Waals surface area (Å²) in [7, 11) is 0. The lowest BCUT2D eigenvalue weighted by molar-refractivity contribution is 0.618. The molecule has 3 nitrogen and oxygen atoms in total. The molecule has 1 unspecified atom stereocenters. The molecule has 0 aliphatic rings. The van der Waals surface area contributed by atoms with Crippen molar-refractivity contribution in [2.75, 3.05) is 11.4 Å². The van der Waals surface area contributed by atoms with E-state index in [-0.39, 0.29) is 6.04 Å². The molecular formula is C15H19N3. The van der Waals surface area contributed by atoms with Crippen LogP contribution < -0.4 is 16.2 Å². The molecule has 0 heterocycles. The first kappa shape index (κ1) is 12.6. The first-order valence-electron chi connectivity index (χ1n) is 6.15. The Labute approximate surface area is 108 Å². The highest BCUT2D eigenvalue weighted by atomic mass is 15.3. The minimum absolute atomic E-state index is 0.278. The summed E-state index contributed by atoms with van der Waals surface area (Å²) in [4.78, 5) is 2.28. The molecule has 0 amide bonds.